The summed E-state index contributed by atoms with van der Waals surface area (Å²) in [7, 11) is 0. The van der Waals surface area contributed by atoms with E-state index in [2.05, 4.69) is 27.3 Å². The van der Waals surface area contributed by atoms with Gasteiger partial charge in [-0.25, -0.2) is 4.98 Å². The Morgan fingerprint density at radius 1 is 1.22 bits per heavy atom. The standard InChI is InChI=1S/C14H19N3O/c18-12-4-13(15-6-12)9-1-2-14(16-5-9)17-7-10-3-11(10)8-17/h1-2,5,10-13,15,18H,3-4,6-8H2/t10?,11?,12-,13+/m0/s1. The Kier molecular flexibility index (Phi) is 2.35. The molecule has 96 valence electrons. The van der Waals surface area contributed by atoms with Crippen molar-refractivity contribution in [2.75, 3.05) is 24.5 Å². The Bertz CT molecular complexity index is 410. The quantitative estimate of drug-likeness (QED) is 0.814. The lowest BCUT2D eigenvalue weighted by molar-refractivity contribution is 0.193. The van der Waals surface area contributed by atoms with E-state index in [0.717, 1.165) is 24.1 Å². The zero-order chi connectivity index (χ0) is 12.1. The molecule has 3 aliphatic rings. The van der Waals surface area contributed by atoms with Gasteiger partial charge in [-0.05, 0) is 36.3 Å². The SMILES string of the molecule is O[C@@H]1CN[C@@H](c2ccc(N3CC4CC4C3)nc2)C1. The number of pyridine rings is 1. The minimum absolute atomic E-state index is 0.208. The van der Waals surface area contributed by atoms with Crippen molar-refractivity contribution in [1.82, 2.24) is 10.3 Å². The average Bonchev–Trinajstić information content (AvgIpc) is 2.82. The fourth-order valence-corrected chi connectivity index (χ4v) is 3.35. The highest BCUT2D eigenvalue weighted by atomic mass is 16.3. The molecule has 2 N–H and O–H groups in total. The first-order valence-corrected chi connectivity index (χ1v) is 6.92. The topological polar surface area (TPSA) is 48.4 Å². The van der Waals surface area contributed by atoms with Crippen LogP contribution in [0.1, 0.15) is 24.4 Å². The molecule has 0 bridgehead atoms. The molecule has 2 aliphatic heterocycles. The van der Waals surface area contributed by atoms with Gasteiger partial charge in [-0.1, -0.05) is 6.07 Å². The van der Waals surface area contributed by atoms with E-state index in [-0.39, 0.29) is 12.1 Å². The second kappa shape index (κ2) is 3.93. The fraction of sp³-hybridized carbons (Fsp3) is 0.643. The minimum atomic E-state index is -0.208. The van der Waals surface area contributed by atoms with Gasteiger partial charge in [0, 0.05) is 31.9 Å². The van der Waals surface area contributed by atoms with Crippen LogP contribution in [0.5, 0.6) is 0 Å². The molecule has 4 rings (SSSR count). The predicted molar refractivity (Wildman–Crippen MR) is 69.4 cm³/mol. The number of anilines is 1. The van der Waals surface area contributed by atoms with Crippen LogP contribution in [-0.2, 0) is 0 Å². The van der Waals surface area contributed by atoms with E-state index in [1.54, 1.807) is 0 Å². The molecule has 4 atom stereocenters. The molecule has 0 spiro atoms. The molecule has 0 aromatic carbocycles. The second-order valence-corrected chi connectivity index (χ2v) is 5.96. The number of piperidine rings is 1. The van der Waals surface area contributed by atoms with Gasteiger partial charge in [-0.3, -0.25) is 0 Å². The second-order valence-electron chi connectivity index (χ2n) is 5.96. The summed E-state index contributed by atoms with van der Waals surface area (Å²) in [6, 6.07) is 4.56. The maximum atomic E-state index is 9.53. The molecule has 2 saturated heterocycles. The monoisotopic (exact) mass is 245 g/mol. The van der Waals surface area contributed by atoms with Crippen molar-refractivity contribution >= 4 is 5.82 Å². The molecule has 1 aromatic rings. The van der Waals surface area contributed by atoms with E-state index in [9.17, 15) is 5.11 Å². The summed E-state index contributed by atoms with van der Waals surface area (Å²) in [5.74, 6) is 3.00. The van der Waals surface area contributed by atoms with Gasteiger partial charge in [0.15, 0.2) is 0 Å². The van der Waals surface area contributed by atoms with Crippen LogP contribution in [0.2, 0.25) is 0 Å². The van der Waals surface area contributed by atoms with Gasteiger partial charge in [0.2, 0.25) is 0 Å². The van der Waals surface area contributed by atoms with Crippen LogP contribution in [-0.4, -0.2) is 35.8 Å². The Labute approximate surface area is 107 Å². The first-order valence-electron chi connectivity index (χ1n) is 6.92. The number of hydrogen-bond acceptors (Lipinski definition) is 4. The zero-order valence-corrected chi connectivity index (χ0v) is 10.4. The van der Waals surface area contributed by atoms with Gasteiger partial charge in [-0.2, -0.15) is 0 Å². The van der Waals surface area contributed by atoms with Crippen LogP contribution in [0.3, 0.4) is 0 Å². The molecule has 0 radical (unpaired) electrons. The summed E-state index contributed by atoms with van der Waals surface area (Å²) in [6.07, 6.45) is 3.99. The molecule has 4 nitrogen and oxygen atoms in total. The molecule has 4 heteroatoms. The number of β-amino-alcohol motifs (C(OH)–C–C–N with tert-alkyl or cyclic N) is 1. The van der Waals surface area contributed by atoms with Crippen molar-refractivity contribution in [3.05, 3.63) is 23.9 Å². The van der Waals surface area contributed by atoms with Gasteiger partial charge in [0.25, 0.3) is 0 Å². The average molecular weight is 245 g/mol. The molecule has 1 aliphatic carbocycles. The third kappa shape index (κ3) is 1.80. The summed E-state index contributed by atoms with van der Waals surface area (Å²) in [6.45, 7) is 3.08. The van der Waals surface area contributed by atoms with E-state index in [4.69, 9.17) is 0 Å². The molecular formula is C14H19N3O. The first kappa shape index (κ1) is 10.8. The van der Waals surface area contributed by atoms with Gasteiger partial charge in [0.1, 0.15) is 5.82 Å². The van der Waals surface area contributed by atoms with E-state index in [0.29, 0.717) is 6.54 Å². The molecule has 18 heavy (non-hydrogen) atoms. The van der Waals surface area contributed by atoms with E-state index >= 15 is 0 Å². The summed E-state index contributed by atoms with van der Waals surface area (Å²) in [4.78, 5) is 6.99. The van der Waals surface area contributed by atoms with Crippen molar-refractivity contribution in [3.8, 4) is 0 Å². The third-order valence-corrected chi connectivity index (χ3v) is 4.58. The molecule has 0 amide bonds. The van der Waals surface area contributed by atoms with Gasteiger partial charge in [-0.15, -0.1) is 0 Å². The number of aliphatic hydroxyl groups excluding tert-OH is 1. The molecule has 3 heterocycles. The smallest absolute Gasteiger partial charge is 0.128 e. The molecule has 3 fully saturated rings. The maximum Gasteiger partial charge on any atom is 0.128 e. The molecule has 1 aromatic heterocycles. The van der Waals surface area contributed by atoms with Crippen LogP contribution in [0, 0.1) is 11.8 Å². The van der Waals surface area contributed by atoms with Crippen LogP contribution in [0.4, 0.5) is 5.82 Å². The number of rotatable bonds is 2. The predicted octanol–water partition coefficient (Wildman–Crippen LogP) is 0.933. The van der Waals surface area contributed by atoms with Crippen molar-refractivity contribution in [3.63, 3.8) is 0 Å². The fourth-order valence-electron chi connectivity index (χ4n) is 3.35. The number of nitrogens with one attached hydrogen (secondary N) is 1. The Morgan fingerprint density at radius 2 is 2.06 bits per heavy atom. The van der Waals surface area contributed by atoms with Crippen molar-refractivity contribution in [1.29, 1.82) is 0 Å². The lowest BCUT2D eigenvalue weighted by Gasteiger charge is -2.19. The lowest BCUT2D eigenvalue weighted by atomic mass is 10.1. The van der Waals surface area contributed by atoms with Crippen LogP contribution >= 0.6 is 0 Å². The number of aliphatic hydroxyl groups is 1. The van der Waals surface area contributed by atoms with E-state index in [1.165, 1.54) is 25.1 Å². The molecular weight excluding hydrogens is 226 g/mol. The van der Waals surface area contributed by atoms with Crippen molar-refractivity contribution in [2.24, 2.45) is 11.8 Å². The Balaban J connectivity index is 1.47. The highest BCUT2D eigenvalue weighted by Gasteiger charge is 2.45. The Morgan fingerprint density at radius 3 is 2.67 bits per heavy atom. The summed E-state index contributed by atoms with van der Waals surface area (Å²) < 4.78 is 0. The van der Waals surface area contributed by atoms with Gasteiger partial charge >= 0.3 is 0 Å². The number of fused-ring (bicyclic) bond motifs is 1. The number of nitrogens with zero attached hydrogens (tertiary/aromatic N) is 2. The third-order valence-electron chi connectivity index (χ3n) is 4.58. The van der Waals surface area contributed by atoms with E-state index in [1.807, 2.05) is 6.20 Å². The van der Waals surface area contributed by atoms with Crippen LogP contribution < -0.4 is 10.2 Å². The van der Waals surface area contributed by atoms with Crippen molar-refractivity contribution in [2.45, 2.75) is 25.0 Å². The minimum Gasteiger partial charge on any atom is -0.392 e. The first-order chi connectivity index (χ1) is 8.79. The Hall–Kier alpha value is -1.13. The van der Waals surface area contributed by atoms with Crippen LogP contribution in [0.25, 0.3) is 0 Å². The number of aromatic nitrogens is 1. The largest absolute Gasteiger partial charge is 0.392 e. The molecule has 1 saturated carbocycles. The molecule has 2 unspecified atom stereocenters. The zero-order valence-electron chi connectivity index (χ0n) is 10.4. The van der Waals surface area contributed by atoms with E-state index < -0.39 is 0 Å². The van der Waals surface area contributed by atoms with Crippen LogP contribution in [0.15, 0.2) is 18.3 Å². The normalized spacial score (nSPS) is 37.9. The number of hydrogen-bond donors (Lipinski definition) is 2. The summed E-state index contributed by atoms with van der Waals surface area (Å²) in [5.41, 5.74) is 1.19. The van der Waals surface area contributed by atoms with Gasteiger partial charge < -0.3 is 15.3 Å². The lowest BCUT2D eigenvalue weighted by Crippen LogP contribution is -2.23. The van der Waals surface area contributed by atoms with Crippen molar-refractivity contribution < 1.29 is 5.11 Å². The maximum absolute atomic E-state index is 9.53. The highest BCUT2D eigenvalue weighted by Crippen LogP contribution is 2.45. The summed E-state index contributed by atoms with van der Waals surface area (Å²) in [5, 5.41) is 12.9. The van der Waals surface area contributed by atoms with Gasteiger partial charge in [0.05, 0.1) is 6.10 Å². The summed E-state index contributed by atoms with van der Waals surface area (Å²) >= 11 is 0. The highest BCUT2D eigenvalue weighted by molar-refractivity contribution is 5.42.